The molecule has 0 atom stereocenters. The lowest BCUT2D eigenvalue weighted by Crippen LogP contribution is -2.07. The number of halogens is 2. The first-order valence-corrected chi connectivity index (χ1v) is 6.43. The highest BCUT2D eigenvalue weighted by molar-refractivity contribution is 9.09. The quantitative estimate of drug-likeness (QED) is 0.684. The Morgan fingerprint density at radius 3 is 2.64 bits per heavy atom. The Morgan fingerprint density at radius 2 is 2.07 bits per heavy atom. The third-order valence-electron chi connectivity index (χ3n) is 1.98. The number of nitrogens with two attached hydrogens (primary N) is 1. The van der Waals surface area contributed by atoms with Gasteiger partial charge in [-0.15, -0.1) is 0 Å². The number of benzene rings is 1. The first-order valence-electron chi connectivity index (χ1n) is 4.19. The lowest BCUT2D eigenvalue weighted by atomic mass is 10.0. The molecule has 0 aliphatic carbocycles. The molecule has 0 aliphatic rings. The first-order chi connectivity index (χ1) is 6.69. The largest absolute Gasteiger partial charge is 0.398 e. The Labute approximate surface area is 100 Å². The summed E-state index contributed by atoms with van der Waals surface area (Å²) in [5.41, 5.74) is 8.56. The number of alkyl halides is 2. The molecule has 0 amide bonds. The summed E-state index contributed by atoms with van der Waals surface area (Å²) in [6.07, 6.45) is 0.442. The van der Waals surface area contributed by atoms with Crippen LogP contribution in [0.3, 0.4) is 0 Å². The number of rotatable bonds is 4. The summed E-state index contributed by atoms with van der Waals surface area (Å²) in [5.74, 6) is 0.165. The van der Waals surface area contributed by atoms with Gasteiger partial charge < -0.3 is 5.73 Å². The summed E-state index contributed by atoms with van der Waals surface area (Å²) in [4.78, 5) is 11.3. The van der Waals surface area contributed by atoms with E-state index in [4.69, 9.17) is 5.73 Å². The van der Waals surface area contributed by atoms with E-state index >= 15 is 0 Å². The number of hydrogen-bond donors (Lipinski definition) is 1. The van der Waals surface area contributed by atoms with E-state index < -0.39 is 0 Å². The molecule has 1 aromatic carbocycles. The van der Waals surface area contributed by atoms with Crippen molar-refractivity contribution in [1.29, 1.82) is 0 Å². The number of hydrogen-bond acceptors (Lipinski definition) is 2. The van der Waals surface area contributed by atoms with E-state index in [0.29, 0.717) is 17.1 Å². The Hall–Kier alpha value is -0.350. The van der Waals surface area contributed by atoms with Crippen molar-refractivity contribution in [1.82, 2.24) is 0 Å². The van der Waals surface area contributed by atoms with E-state index in [0.717, 1.165) is 16.8 Å². The van der Waals surface area contributed by atoms with Gasteiger partial charge in [0.1, 0.15) is 5.78 Å². The van der Waals surface area contributed by atoms with Crippen LogP contribution < -0.4 is 5.73 Å². The molecular formula is C10H11Br2NO. The molecule has 0 spiro atoms. The van der Waals surface area contributed by atoms with Crippen LogP contribution in [0.5, 0.6) is 0 Å². The van der Waals surface area contributed by atoms with Gasteiger partial charge >= 0.3 is 0 Å². The van der Waals surface area contributed by atoms with E-state index in [1.807, 2.05) is 18.2 Å². The minimum absolute atomic E-state index is 0.165. The summed E-state index contributed by atoms with van der Waals surface area (Å²) < 4.78 is 0. The van der Waals surface area contributed by atoms with E-state index in [1.54, 1.807) is 0 Å². The van der Waals surface area contributed by atoms with Crippen LogP contribution in [0.15, 0.2) is 18.2 Å². The van der Waals surface area contributed by atoms with E-state index in [-0.39, 0.29) is 5.78 Å². The normalized spacial score (nSPS) is 10.1. The summed E-state index contributed by atoms with van der Waals surface area (Å²) in [6, 6.07) is 5.66. The molecule has 0 unspecified atom stereocenters. The average molecular weight is 321 g/mol. The van der Waals surface area contributed by atoms with E-state index in [9.17, 15) is 4.79 Å². The number of carbonyl (C=O) groups excluding carboxylic acids is 1. The molecule has 14 heavy (non-hydrogen) atoms. The lowest BCUT2D eigenvalue weighted by molar-refractivity contribution is -0.115. The number of nitrogen functional groups attached to an aromatic ring is 1. The molecule has 0 fully saturated rings. The van der Waals surface area contributed by atoms with Gasteiger partial charge in [0, 0.05) is 17.4 Å². The number of anilines is 1. The molecule has 0 aromatic heterocycles. The molecule has 2 N–H and O–H groups in total. The van der Waals surface area contributed by atoms with E-state index in [1.165, 1.54) is 0 Å². The second kappa shape index (κ2) is 5.51. The van der Waals surface area contributed by atoms with Gasteiger partial charge in [-0.1, -0.05) is 44.0 Å². The van der Waals surface area contributed by atoms with Gasteiger partial charge in [-0.05, 0) is 17.2 Å². The van der Waals surface area contributed by atoms with Crippen molar-refractivity contribution >= 4 is 43.3 Å². The van der Waals surface area contributed by atoms with Gasteiger partial charge in [-0.3, -0.25) is 4.79 Å². The highest BCUT2D eigenvalue weighted by Crippen LogP contribution is 2.20. The molecule has 0 aliphatic heterocycles. The molecule has 1 rings (SSSR count). The molecule has 1 aromatic rings. The Morgan fingerprint density at radius 1 is 1.36 bits per heavy atom. The summed E-state index contributed by atoms with van der Waals surface area (Å²) in [7, 11) is 0. The molecular weight excluding hydrogens is 310 g/mol. The zero-order chi connectivity index (χ0) is 10.6. The molecule has 0 radical (unpaired) electrons. The zero-order valence-corrected chi connectivity index (χ0v) is 10.8. The fourth-order valence-electron chi connectivity index (χ4n) is 1.24. The third-order valence-corrected chi connectivity index (χ3v) is 3.17. The van der Waals surface area contributed by atoms with E-state index in [2.05, 4.69) is 31.9 Å². The maximum atomic E-state index is 11.3. The van der Waals surface area contributed by atoms with Crippen molar-refractivity contribution in [3.05, 3.63) is 29.3 Å². The Kier molecular flexibility index (Phi) is 4.62. The van der Waals surface area contributed by atoms with Gasteiger partial charge in [0.15, 0.2) is 0 Å². The molecule has 4 heteroatoms. The monoisotopic (exact) mass is 319 g/mol. The summed E-state index contributed by atoms with van der Waals surface area (Å²) in [5, 5.41) is 1.08. The third kappa shape index (κ3) is 2.82. The van der Waals surface area contributed by atoms with Crippen LogP contribution in [-0.4, -0.2) is 11.1 Å². The van der Waals surface area contributed by atoms with Gasteiger partial charge in [0.2, 0.25) is 0 Å². The Balaban J connectivity index is 2.96. The van der Waals surface area contributed by atoms with Gasteiger partial charge in [0.25, 0.3) is 0 Å². The van der Waals surface area contributed by atoms with Gasteiger partial charge in [0.05, 0.1) is 5.33 Å². The van der Waals surface area contributed by atoms with Crippen LogP contribution in [-0.2, 0) is 16.5 Å². The van der Waals surface area contributed by atoms with Crippen molar-refractivity contribution < 1.29 is 4.79 Å². The highest BCUT2D eigenvalue weighted by Gasteiger charge is 2.08. The predicted molar refractivity (Wildman–Crippen MR) is 66.0 cm³/mol. The van der Waals surface area contributed by atoms with Crippen molar-refractivity contribution in [2.75, 3.05) is 11.1 Å². The van der Waals surface area contributed by atoms with Crippen molar-refractivity contribution in [2.24, 2.45) is 0 Å². The van der Waals surface area contributed by atoms with Crippen LogP contribution in [0, 0.1) is 0 Å². The smallest absolute Gasteiger partial charge is 0.147 e. The lowest BCUT2D eigenvalue weighted by Gasteiger charge is -2.08. The van der Waals surface area contributed by atoms with Crippen molar-refractivity contribution in [3.63, 3.8) is 0 Å². The standard InChI is InChI=1S/C10H11Br2NO/c11-5-8(14)4-7-2-1-3-10(13)9(7)6-12/h1-3H,4-6,13H2. The highest BCUT2D eigenvalue weighted by atomic mass is 79.9. The van der Waals surface area contributed by atoms with Crippen molar-refractivity contribution in [3.8, 4) is 0 Å². The molecule has 0 saturated heterocycles. The SMILES string of the molecule is Nc1cccc(CC(=O)CBr)c1CBr. The second-order valence-electron chi connectivity index (χ2n) is 2.97. The number of Topliss-reactive ketones (excluding diaryl/α,β-unsaturated/α-hetero) is 1. The average Bonchev–Trinajstić information content (AvgIpc) is 2.18. The number of carbonyl (C=O) groups is 1. The topological polar surface area (TPSA) is 43.1 Å². The molecule has 76 valence electrons. The minimum Gasteiger partial charge on any atom is -0.398 e. The van der Waals surface area contributed by atoms with Crippen LogP contribution in [0.2, 0.25) is 0 Å². The van der Waals surface area contributed by atoms with Gasteiger partial charge in [-0.2, -0.15) is 0 Å². The molecule has 0 saturated carbocycles. The maximum absolute atomic E-state index is 11.3. The van der Waals surface area contributed by atoms with Crippen LogP contribution >= 0.6 is 31.9 Å². The summed E-state index contributed by atoms with van der Waals surface area (Å²) >= 11 is 6.51. The van der Waals surface area contributed by atoms with Crippen LogP contribution in [0.4, 0.5) is 5.69 Å². The molecule has 0 heterocycles. The molecule has 0 bridgehead atoms. The molecule has 2 nitrogen and oxygen atoms in total. The Bertz CT molecular complexity index is 339. The van der Waals surface area contributed by atoms with Crippen molar-refractivity contribution in [2.45, 2.75) is 11.8 Å². The first kappa shape index (κ1) is 11.7. The predicted octanol–water partition coefficient (Wildman–Crippen LogP) is 2.67. The van der Waals surface area contributed by atoms with Gasteiger partial charge in [-0.25, -0.2) is 0 Å². The second-order valence-corrected chi connectivity index (χ2v) is 4.09. The fourth-order valence-corrected chi connectivity index (χ4v) is 2.12. The van der Waals surface area contributed by atoms with Crippen LogP contribution in [0.1, 0.15) is 11.1 Å². The van der Waals surface area contributed by atoms with Crippen LogP contribution in [0.25, 0.3) is 0 Å². The maximum Gasteiger partial charge on any atom is 0.147 e. The summed E-state index contributed by atoms with van der Waals surface area (Å²) in [6.45, 7) is 0. The number of ketones is 1. The fraction of sp³-hybridized carbons (Fsp3) is 0.300. The zero-order valence-electron chi connectivity index (χ0n) is 7.59. The minimum atomic E-state index is 0.165.